The van der Waals surface area contributed by atoms with E-state index in [1.807, 2.05) is 0 Å². The largest absolute Gasteiger partial charge is 0.461 e. The predicted molar refractivity (Wildman–Crippen MR) is 132 cm³/mol. The standard InChI is InChI=1S/C26H36N2O5S/c1-16-21-23(34-22(16)25(31)33-18-8-6-5-7-9-18)27-15-28(24(21)30)14-20(29)32-19-12-10-17(11-13-19)26(2,3)4/h15,17-19H,5-14H2,1-4H3. The van der Waals surface area contributed by atoms with Crippen molar-refractivity contribution < 1.29 is 19.1 Å². The molecule has 34 heavy (non-hydrogen) atoms. The van der Waals surface area contributed by atoms with Gasteiger partial charge in [-0.05, 0) is 75.2 Å². The maximum atomic E-state index is 13.1. The molecule has 0 radical (unpaired) electrons. The van der Waals surface area contributed by atoms with E-state index in [1.54, 1.807) is 6.92 Å². The molecular weight excluding hydrogens is 452 g/mol. The van der Waals surface area contributed by atoms with Gasteiger partial charge in [0, 0.05) is 0 Å². The highest BCUT2D eigenvalue weighted by Crippen LogP contribution is 2.38. The highest BCUT2D eigenvalue weighted by molar-refractivity contribution is 7.20. The maximum absolute atomic E-state index is 13.1. The Morgan fingerprint density at radius 3 is 2.32 bits per heavy atom. The Kier molecular flexibility index (Phi) is 7.45. The third kappa shape index (κ3) is 5.53. The van der Waals surface area contributed by atoms with Crippen LogP contribution in [0.3, 0.4) is 0 Å². The molecule has 0 N–H and O–H groups in total. The van der Waals surface area contributed by atoms with Gasteiger partial charge >= 0.3 is 11.9 Å². The predicted octanol–water partition coefficient (Wildman–Crippen LogP) is 5.40. The van der Waals surface area contributed by atoms with Crippen LogP contribution in [0.4, 0.5) is 0 Å². The van der Waals surface area contributed by atoms with Crippen LogP contribution in [0.2, 0.25) is 0 Å². The van der Waals surface area contributed by atoms with Gasteiger partial charge in [-0.2, -0.15) is 0 Å². The Bertz CT molecular complexity index is 1100. The SMILES string of the molecule is Cc1c(C(=O)OC2CCCCC2)sc2ncn(CC(=O)OC3CCC(C(C)(C)C)CC3)c(=O)c12. The second-order valence-corrected chi connectivity index (χ2v) is 11.9. The molecule has 7 nitrogen and oxygen atoms in total. The van der Waals surface area contributed by atoms with E-state index in [4.69, 9.17) is 9.47 Å². The van der Waals surface area contributed by atoms with E-state index in [9.17, 15) is 14.4 Å². The Morgan fingerprint density at radius 2 is 1.68 bits per heavy atom. The summed E-state index contributed by atoms with van der Waals surface area (Å²) < 4.78 is 12.7. The van der Waals surface area contributed by atoms with Crippen molar-refractivity contribution in [2.45, 2.75) is 104 Å². The molecule has 2 aromatic rings. The fraction of sp³-hybridized carbons (Fsp3) is 0.692. The number of carbonyl (C=O) groups is 2. The minimum atomic E-state index is -0.424. The fourth-order valence-electron chi connectivity index (χ4n) is 5.26. The third-order valence-electron chi connectivity index (χ3n) is 7.43. The van der Waals surface area contributed by atoms with Crippen molar-refractivity contribution in [2.24, 2.45) is 11.3 Å². The topological polar surface area (TPSA) is 87.5 Å². The highest BCUT2D eigenvalue weighted by Gasteiger charge is 2.31. The van der Waals surface area contributed by atoms with Crippen molar-refractivity contribution in [1.82, 2.24) is 9.55 Å². The molecule has 2 aromatic heterocycles. The second kappa shape index (κ2) is 10.2. The first-order valence-corrected chi connectivity index (χ1v) is 13.3. The van der Waals surface area contributed by atoms with Crippen LogP contribution in [0.25, 0.3) is 10.2 Å². The van der Waals surface area contributed by atoms with E-state index in [0.29, 0.717) is 26.6 Å². The lowest BCUT2D eigenvalue weighted by atomic mass is 9.72. The number of ether oxygens (including phenoxy) is 2. The van der Waals surface area contributed by atoms with Crippen molar-refractivity contribution in [3.05, 3.63) is 27.1 Å². The van der Waals surface area contributed by atoms with Crippen LogP contribution in [-0.2, 0) is 20.8 Å². The van der Waals surface area contributed by atoms with Crippen molar-refractivity contribution in [2.75, 3.05) is 0 Å². The van der Waals surface area contributed by atoms with Crippen molar-refractivity contribution in [1.29, 1.82) is 0 Å². The zero-order valence-electron chi connectivity index (χ0n) is 20.7. The Hall–Kier alpha value is -2.22. The molecule has 0 bridgehead atoms. The van der Waals surface area contributed by atoms with Crippen LogP contribution in [-0.4, -0.2) is 33.7 Å². The van der Waals surface area contributed by atoms with Crippen molar-refractivity contribution >= 4 is 33.5 Å². The molecule has 0 unspecified atom stereocenters. The normalized spacial score (nSPS) is 22.0. The molecule has 2 aliphatic rings. The molecule has 4 rings (SSSR count). The first-order chi connectivity index (χ1) is 16.1. The smallest absolute Gasteiger partial charge is 0.348 e. The van der Waals surface area contributed by atoms with Gasteiger partial charge in [0.25, 0.3) is 5.56 Å². The van der Waals surface area contributed by atoms with Gasteiger partial charge in [-0.15, -0.1) is 11.3 Å². The Balaban J connectivity index is 1.42. The lowest BCUT2D eigenvalue weighted by molar-refractivity contribution is -0.152. The van der Waals surface area contributed by atoms with Crippen LogP contribution in [0, 0.1) is 18.3 Å². The molecule has 186 valence electrons. The van der Waals surface area contributed by atoms with Crippen LogP contribution in [0.1, 0.15) is 93.8 Å². The number of nitrogens with zero attached hydrogens (tertiary/aromatic N) is 2. The molecule has 0 spiro atoms. The minimum absolute atomic E-state index is 0.0521. The molecule has 0 aromatic carbocycles. The number of hydrogen-bond donors (Lipinski definition) is 0. The summed E-state index contributed by atoms with van der Waals surface area (Å²) in [5, 5.41) is 0.376. The van der Waals surface area contributed by atoms with Crippen molar-refractivity contribution in [3.63, 3.8) is 0 Å². The Morgan fingerprint density at radius 1 is 1.03 bits per heavy atom. The van der Waals surface area contributed by atoms with Gasteiger partial charge in [0.15, 0.2) is 0 Å². The van der Waals surface area contributed by atoms with E-state index in [0.717, 1.165) is 51.4 Å². The lowest BCUT2D eigenvalue weighted by Crippen LogP contribution is -2.32. The zero-order valence-corrected chi connectivity index (χ0v) is 21.5. The van der Waals surface area contributed by atoms with Gasteiger partial charge in [0.1, 0.15) is 28.5 Å². The summed E-state index contributed by atoms with van der Waals surface area (Å²) in [4.78, 5) is 43.7. The highest BCUT2D eigenvalue weighted by atomic mass is 32.1. The lowest BCUT2D eigenvalue weighted by Gasteiger charge is -2.36. The van der Waals surface area contributed by atoms with Gasteiger partial charge in [-0.3, -0.25) is 14.2 Å². The van der Waals surface area contributed by atoms with Crippen molar-refractivity contribution in [3.8, 4) is 0 Å². The monoisotopic (exact) mass is 488 g/mol. The van der Waals surface area contributed by atoms with E-state index in [-0.39, 0.29) is 35.7 Å². The number of aryl methyl sites for hydroxylation is 1. The molecule has 0 saturated heterocycles. The van der Waals surface area contributed by atoms with E-state index < -0.39 is 5.97 Å². The average Bonchev–Trinajstić information content (AvgIpc) is 3.13. The molecule has 0 amide bonds. The quantitative estimate of drug-likeness (QED) is 0.524. The number of hydrogen-bond acceptors (Lipinski definition) is 7. The van der Waals surface area contributed by atoms with Gasteiger partial charge < -0.3 is 9.47 Å². The van der Waals surface area contributed by atoms with E-state index in [2.05, 4.69) is 25.8 Å². The number of aromatic nitrogens is 2. The fourth-order valence-corrected chi connectivity index (χ4v) is 6.29. The van der Waals surface area contributed by atoms with E-state index >= 15 is 0 Å². The maximum Gasteiger partial charge on any atom is 0.348 e. The van der Waals surface area contributed by atoms with E-state index in [1.165, 1.54) is 28.7 Å². The number of carbonyl (C=O) groups excluding carboxylic acids is 2. The molecule has 2 saturated carbocycles. The number of esters is 2. The van der Waals surface area contributed by atoms with Gasteiger partial charge in [-0.1, -0.05) is 27.2 Å². The third-order valence-corrected chi connectivity index (χ3v) is 8.60. The summed E-state index contributed by atoms with van der Waals surface area (Å²) in [6.07, 6.45) is 10.1. The molecule has 0 atom stereocenters. The summed E-state index contributed by atoms with van der Waals surface area (Å²) in [6, 6.07) is 0. The molecule has 0 aliphatic heterocycles. The molecule has 2 heterocycles. The summed E-state index contributed by atoms with van der Waals surface area (Å²) in [7, 11) is 0. The summed E-state index contributed by atoms with van der Waals surface area (Å²) in [6.45, 7) is 8.33. The van der Waals surface area contributed by atoms with Crippen LogP contribution >= 0.6 is 11.3 Å². The molecule has 2 fully saturated rings. The summed E-state index contributed by atoms with van der Waals surface area (Å²) in [5.41, 5.74) is 0.508. The first-order valence-electron chi connectivity index (χ1n) is 12.5. The first kappa shape index (κ1) is 24.9. The average molecular weight is 489 g/mol. The van der Waals surface area contributed by atoms with Crippen LogP contribution < -0.4 is 5.56 Å². The van der Waals surface area contributed by atoms with Crippen LogP contribution in [0.5, 0.6) is 0 Å². The minimum Gasteiger partial charge on any atom is -0.461 e. The summed E-state index contributed by atoms with van der Waals surface area (Å²) >= 11 is 1.18. The number of rotatable bonds is 5. The summed E-state index contributed by atoms with van der Waals surface area (Å²) in [5.74, 6) is -0.173. The Labute approximate surface area is 204 Å². The number of thiophene rings is 1. The molecular formula is C26H36N2O5S. The number of fused-ring (bicyclic) bond motifs is 1. The van der Waals surface area contributed by atoms with Gasteiger partial charge in [-0.25, -0.2) is 9.78 Å². The zero-order chi connectivity index (χ0) is 24.5. The molecule has 2 aliphatic carbocycles. The van der Waals surface area contributed by atoms with Crippen LogP contribution in [0.15, 0.2) is 11.1 Å². The van der Waals surface area contributed by atoms with Gasteiger partial charge in [0.05, 0.1) is 11.7 Å². The molecule has 8 heteroatoms. The van der Waals surface area contributed by atoms with Gasteiger partial charge in [0.2, 0.25) is 0 Å². The second-order valence-electron chi connectivity index (χ2n) is 10.9.